The molecule has 0 spiro atoms. The fourth-order valence-corrected chi connectivity index (χ4v) is 1.17. The van der Waals surface area contributed by atoms with Crippen LogP contribution in [0.3, 0.4) is 0 Å². The fourth-order valence-electron chi connectivity index (χ4n) is 1.17. The van der Waals surface area contributed by atoms with E-state index < -0.39 is 5.92 Å². The van der Waals surface area contributed by atoms with Crippen LogP contribution in [0.25, 0.3) is 0 Å². The van der Waals surface area contributed by atoms with Crippen LogP contribution < -0.4 is 0 Å². The van der Waals surface area contributed by atoms with Crippen LogP contribution in [0.2, 0.25) is 0 Å². The van der Waals surface area contributed by atoms with Crippen LogP contribution in [0.5, 0.6) is 0 Å². The molecular weight excluding hydrogens is 148 g/mol. The monoisotopic (exact) mass is 164 g/mol. The van der Waals surface area contributed by atoms with Crippen LogP contribution in [0.4, 0.5) is 0 Å². The van der Waals surface area contributed by atoms with E-state index in [0.717, 1.165) is 12.8 Å². The molecule has 0 aromatic heterocycles. The van der Waals surface area contributed by atoms with Gasteiger partial charge in [0.2, 0.25) is 0 Å². The van der Waals surface area contributed by atoms with Crippen LogP contribution in [0.1, 0.15) is 39.5 Å². The summed E-state index contributed by atoms with van der Waals surface area (Å²) in [6.07, 6.45) is 4.53. The van der Waals surface area contributed by atoms with Gasteiger partial charge < -0.3 is 0 Å². The van der Waals surface area contributed by atoms with Crippen molar-refractivity contribution in [3.63, 3.8) is 0 Å². The molecule has 1 atom stereocenters. The van der Waals surface area contributed by atoms with E-state index in [0.29, 0.717) is 0 Å². The molecule has 2 heteroatoms. The van der Waals surface area contributed by atoms with Crippen molar-refractivity contribution < 1.29 is 0 Å². The highest BCUT2D eigenvalue weighted by atomic mass is 14.3. The largest absolute Gasteiger partial charge is 0.197 e. The summed E-state index contributed by atoms with van der Waals surface area (Å²) < 4.78 is 0. The summed E-state index contributed by atoms with van der Waals surface area (Å²) >= 11 is 0. The Bertz CT molecular complexity index is 171. The normalized spacial score (nSPS) is 12.1. The van der Waals surface area contributed by atoms with Crippen molar-refractivity contribution in [2.45, 2.75) is 39.5 Å². The van der Waals surface area contributed by atoms with Crippen molar-refractivity contribution in [2.24, 2.45) is 11.8 Å². The highest BCUT2D eigenvalue weighted by molar-refractivity contribution is 5.01. The van der Waals surface area contributed by atoms with Crippen molar-refractivity contribution in [3.8, 4) is 12.1 Å². The molecule has 0 N–H and O–H groups in total. The summed E-state index contributed by atoms with van der Waals surface area (Å²) in [4.78, 5) is 0. The first kappa shape index (κ1) is 11.0. The van der Waals surface area contributed by atoms with Gasteiger partial charge in [-0.1, -0.05) is 33.1 Å². The zero-order valence-electron chi connectivity index (χ0n) is 7.88. The second-order valence-corrected chi connectivity index (χ2v) is 3.21. The molecule has 0 saturated heterocycles. The molecule has 0 aromatic carbocycles. The van der Waals surface area contributed by atoms with Gasteiger partial charge in [0.15, 0.2) is 0 Å². The Kier molecular flexibility index (Phi) is 6.11. The summed E-state index contributed by atoms with van der Waals surface area (Å²) in [7, 11) is 0. The SMILES string of the molecule is CCCCC[C@H](C)C(C#N)C#N. The van der Waals surface area contributed by atoms with E-state index in [2.05, 4.69) is 6.92 Å². The number of nitrogens with zero attached hydrogens (tertiary/aromatic N) is 2. The van der Waals surface area contributed by atoms with Crippen molar-refractivity contribution in [2.75, 3.05) is 0 Å². The van der Waals surface area contributed by atoms with Crippen LogP contribution in [-0.4, -0.2) is 0 Å². The number of nitriles is 2. The van der Waals surface area contributed by atoms with Gasteiger partial charge in [0.1, 0.15) is 5.92 Å². The Morgan fingerprint density at radius 3 is 2.17 bits per heavy atom. The van der Waals surface area contributed by atoms with Crippen molar-refractivity contribution in [1.82, 2.24) is 0 Å². The number of unbranched alkanes of at least 4 members (excludes halogenated alkanes) is 2. The summed E-state index contributed by atoms with van der Waals surface area (Å²) in [6.45, 7) is 4.13. The number of hydrogen-bond acceptors (Lipinski definition) is 2. The van der Waals surface area contributed by atoms with Gasteiger partial charge in [-0.15, -0.1) is 0 Å². The van der Waals surface area contributed by atoms with Crippen molar-refractivity contribution >= 4 is 0 Å². The van der Waals surface area contributed by atoms with E-state index in [1.54, 1.807) is 0 Å². The molecule has 0 aliphatic rings. The van der Waals surface area contributed by atoms with Gasteiger partial charge in [-0.3, -0.25) is 0 Å². The maximum atomic E-state index is 8.58. The molecule has 12 heavy (non-hydrogen) atoms. The summed E-state index contributed by atoms with van der Waals surface area (Å²) in [5, 5.41) is 17.2. The smallest absolute Gasteiger partial charge is 0.135 e. The van der Waals surface area contributed by atoms with Gasteiger partial charge in [-0.2, -0.15) is 10.5 Å². The lowest BCUT2D eigenvalue weighted by atomic mass is 9.91. The third-order valence-corrected chi connectivity index (χ3v) is 2.11. The first-order valence-electron chi connectivity index (χ1n) is 4.55. The summed E-state index contributed by atoms with van der Waals surface area (Å²) in [5.41, 5.74) is 0. The third kappa shape index (κ3) is 3.98. The molecule has 0 aromatic rings. The highest BCUT2D eigenvalue weighted by Crippen LogP contribution is 2.17. The predicted octanol–water partition coefficient (Wildman–Crippen LogP) is 2.87. The average molecular weight is 164 g/mol. The molecule has 0 bridgehead atoms. The van der Waals surface area contributed by atoms with E-state index in [1.165, 1.54) is 12.8 Å². The summed E-state index contributed by atoms with van der Waals surface area (Å²) in [5.74, 6) is -0.187. The lowest BCUT2D eigenvalue weighted by Crippen LogP contribution is -2.06. The second-order valence-electron chi connectivity index (χ2n) is 3.21. The second kappa shape index (κ2) is 6.68. The van der Waals surface area contributed by atoms with E-state index >= 15 is 0 Å². The van der Waals surface area contributed by atoms with E-state index in [9.17, 15) is 0 Å². The molecule has 0 aliphatic heterocycles. The van der Waals surface area contributed by atoms with Gasteiger partial charge in [0.25, 0.3) is 0 Å². The van der Waals surface area contributed by atoms with Crippen LogP contribution in [-0.2, 0) is 0 Å². The Morgan fingerprint density at radius 1 is 1.17 bits per heavy atom. The molecule has 0 aliphatic carbocycles. The zero-order valence-corrected chi connectivity index (χ0v) is 7.88. The molecule has 0 saturated carbocycles. The van der Waals surface area contributed by atoms with Crippen LogP contribution >= 0.6 is 0 Å². The van der Waals surface area contributed by atoms with Gasteiger partial charge >= 0.3 is 0 Å². The van der Waals surface area contributed by atoms with Gasteiger partial charge in [0, 0.05) is 0 Å². The zero-order chi connectivity index (χ0) is 9.40. The minimum Gasteiger partial charge on any atom is -0.197 e. The molecular formula is C10H16N2. The molecule has 0 fully saturated rings. The Labute approximate surface area is 74.8 Å². The fraction of sp³-hybridized carbons (Fsp3) is 0.800. The lowest BCUT2D eigenvalue weighted by Gasteiger charge is -2.09. The Hall–Kier alpha value is -1.02. The number of hydrogen-bond donors (Lipinski definition) is 0. The average Bonchev–Trinajstić information content (AvgIpc) is 2.07. The van der Waals surface area contributed by atoms with E-state index in [-0.39, 0.29) is 5.92 Å². The molecule has 0 amide bonds. The highest BCUT2D eigenvalue weighted by Gasteiger charge is 2.14. The lowest BCUT2D eigenvalue weighted by molar-refractivity contribution is 0.449. The van der Waals surface area contributed by atoms with Gasteiger partial charge in [-0.25, -0.2) is 0 Å². The maximum Gasteiger partial charge on any atom is 0.135 e. The first-order valence-corrected chi connectivity index (χ1v) is 4.55. The number of rotatable bonds is 5. The van der Waals surface area contributed by atoms with Gasteiger partial charge in [0.05, 0.1) is 12.1 Å². The molecule has 0 unspecified atom stereocenters. The third-order valence-electron chi connectivity index (χ3n) is 2.11. The van der Waals surface area contributed by atoms with Crippen LogP contribution in [0, 0.1) is 34.5 Å². The molecule has 0 radical (unpaired) electrons. The van der Waals surface area contributed by atoms with Crippen molar-refractivity contribution in [1.29, 1.82) is 10.5 Å². The molecule has 0 heterocycles. The predicted molar refractivity (Wildman–Crippen MR) is 48.0 cm³/mol. The Morgan fingerprint density at radius 2 is 1.75 bits per heavy atom. The maximum absolute atomic E-state index is 8.58. The molecule has 2 nitrogen and oxygen atoms in total. The van der Waals surface area contributed by atoms with Gasteiger partial charge in [-0.05, 0) is 12.3 Å². The van der Waals surface area contributed by atoms with E-state index in [4.69, 9.17) is 10.5 Å². The molecule has 66 valence electrons. The first-order chi connectivity index (χ1) is 5.76. The standard InChI is InChI=1S/C10H16N2/c1-3-4-5-6-9(2)10(7-11)8-12/h9-10H,3-6H2,1-2H3/t9-/m0/s1. The Balaban J connectivity index is 3.65. The topological polar surface area (TPSA) is 47.6 Å². The minimum absolute atomic E-state index is 0.228. The minimum atomic E-state index is -0.415. The quantitative estimate of drug-likeness (QED) is 0.586. The summed E-state index contributed by atoms with van der Waals surface area (Å²) in [6, 6.07) is 4.03. The molecule has 0 rings (SSSR count). The van der Waals surface area contributed by atoms with Crippen LogP contribution in [0.15, 0.2) is 0 Å². The van der Waals surface area contributed by atoms with E-state index in [1.807, 2.05) is 19.1 Å². The van der Waals surface area contributed by atoms with Crippen molar-refractivity contribution in [3.05, 3.63) is 0 Å².